The predicted molar refractivity (Wildman–Crippen MR) is 50.8 cm³/mol. The van der Waals surface area contributed by atoms with E-state index in [1.54, 1.807) is 17.4 Å². The number of hydrogen-bond acceptors (Lipinski definition) is 2. The smallest absolute Gasteiger partial charge is 0.0904 e. The minimum atomic E-state index is 1.06. The van der Waals surface area contributed by atoms with Gasteiger partial charge in [-0.05, 0) is 19.9 Å². The Labute approximate surface area is 71.1 Å². The molecule has 0 aliphatic heterocycles. The molecule has 1 aromatic heterocycles. The van der Waals surface area contributed by atoms with Crippen molar-refractivity contribution < 1.29 is 0 Å². The van der Waals surface area contributed by atoms with Crippen LogP contribution in [0.1, 0.15) is 15.6 Å². The Morgan fingerprint density at radius 3 is 2.64 bits per heavy atom. The first-order valence-electron chi connectivity index (χ1n) is 3.47. The summed E-state index contributed by atoms with van der Waals surface area (Å²) in [6.45, 7) is 7.69. The first kappa shape index (κ1) is 8.21. The van der Waals surface area contributed by atoms with E-state index in [-0.39, 0.29) is 0 Å². The summed E-state index contributed by atoms with van der Waals surface area (Å²) in [5, 5.41) is 1.12. The average molecular weight is 165 g/mol. The van der Waals surface area contributed by atoms with Crippen LogP contribution in [0.3, 0.4) is 0 Å². The third kappa shape index (κ3) is 2.02. The van der Waals surface area contributed by atoms with Crippen molar-refractivity contribution in [3.63, 3.8) is 0 Å². The number of nitrogens with zero attached hydrogens (tertiary/aromatic N) is 1. The number of hydrogen-bond donors (Lipinski definition) is 0. The molecule has 1 heterocycles. The fraction of sp³-hybridized carbons (Fsp3) is 0.222. The summed E-state index contributed by atoms with van der Waals surface area (Å²) in [6.07, 6.45) is 5.64. The van der Waals surface area contributed by atoms with Crippen molar-refractivity contribution in [1.29, 1.82) is 0 Å². The lowest BCUT2D eigenvalue weighted by atomic mass is 10.3. The van der Waals surface area contributed by atoms with Crippen LogP contribution in [0, 0.1) is 13.8 Å². The second-order valence-electron chi connectivity index (χ2n) is 2.27. The van der Waals surface area contributed by atoms with Gasteiger partial charge >= 0.3 is 0 Å². The maximum atomic E-state index is 4.33. The first-order chi connectivity index (χ1) is 5.24. The van der Waals surface area contributed by atoms with Crippen molar-refractivity contribution in [2.45, 2.75) is 13.8 Å². The van der Waals surface area contributed by atoms with Crippen molar-refractivity contribution in [1.82, 2.24) is 4.98 Å². The molecule has 0 saturated heterocycles. The van der Waals surface area contributed by atoms with Crippen LogP contribution in [-0.4, -0.2) is 4.98 Å². The zero-order valence-electron chi connectivity index (χ0n) is 6.79. The van der Waals surface area contributed by atoms with Crippen LogP contribution in [0.15, 0.2) is 18.7 Å². The second-order valence-corrected chi connectivity index (χ2v) is 3.68. The number of thiazole rings is 1. The quantitative estimate of drug-likeness (QED) is 0.614. The van der Waals surface area contributed by atoms with Gasteiger partial charge in [0, 0.05) is 4.88 Å². The van der Waals surface area contributed by atoms with Crippen LogP contribution in [0.2, 0.25) is 0 Å². The van der Waals surface area contributed by atoms with Gasteiger partial charge in [-0.15, -0.1) is 11.3 Å². The number of aryl methyl sites for hydroxylation is 2. The molecule has 1 rings (SSSR count). The van der Waals surface area contributed by atoms with Gasteiger partial charge in [0.25, 0.3) is 0 Å². The molecular formula is C9H11NS. The molecule has 2 heteroatoms. The molecule has 0 fully saturated rings. The Balaban J connectivity index is 2.93. The molecule has 0 unspecified atom stereocenters. The average Bonchev–Trinajstić information content (AvgIpc) is 2.26. The number of rotatable bonds is 2. The summed E-state index contributed by atoms with van der Waals surface area (Å²) >= 11 is 1.72. The van der Waals surface area contributed by atoms with Gasteiger partial charge in [0.1, 0.15) is 0 Å². The number of allylic oxidation sites excluding steroid dienone is 2. The molecule has 0 saturated carbocycles. The molecule has 0 bridgehead atoms. The first-order valence-corrected chi connectivity index (χ1v) is 4.29. The van der Waals surface area contributed by atoms with Crippen molar-refractivity contribution in [2.24, 2.45) is 0 Å². The van der Waals surface area contributed by atoms with E-state index in [4.69, 9.17) is 0 Å². The third-order valence-electron chi connectivity index (χ3n) is 1.33. The molecule has 0 radical (unpaired) electrons. The van der Waals surface area contributed by atoms with Crippen LogP contribution in [0.5, 0.6) is 0 Å². The van der Waals surface area contributed by atoms with E-state index < -0.39 is 0 Å². The third-order valence-corrected chi connectivity index (χ3v) is 2.23. The highest BCUT2D eigenvalue weighted by Crippen LogP contribution is 2.17. The summed E-state index contributed by atoms with van der Waals surface area (Å²) in [7, 11) is 0. The van der Waals surface area contributed by atoms with E-state index >= 15 is 0 Å². The van der Waals surface area contributed by atoms with Crippen LogP contribution in [-0.2, 0) is 0 Å². The maximum Gasteiger partial charge on any atom is 0.0904 e. The molecule has 0 atom stereocenters. The zero-order chi connectivity index (χ0) is 8.27. The molecule has 0 aromatic carbocycles. The standard InChI is InChI=1S/C9H11NS/c1-4-5-6-9-7(2)11-8(3)10-9/h4-6H,1H2,2-3H3/b6-5-. The highest BCUT2D eigenvalue weighted by atomic mass is 32.1. The van der Waals surface area contributed by atoms with Gasteiger partial charge in [-0.25, -0.2) is 4.98 Å². The van der Waals surface area contributed by atoms with E-state index in [0.29, 0.717) is 0 Å². The van der Waals surface area contributed by atoms with Gasteiger partial charge in [0.2, 0.25) is 0 Å². The van der Waals surface area contributed by atoms with Crippen LogP contribution in [0.4, 0.5) is 0 Å². The lowest BCUT2D eigenvalue weighted by Gasteiger charge is -1.83. The molecule has 0 aliphatic carbocycles. The normalized spacial score (nSPS) is 10.7. The van der Waals surface area contributed by atoms with Gasteiger partial charge in [0.05, 0.1) is 10.7 Å². The summed E-state index contributed by atoms with van der Waals surface area (Å²) in [5.74, 6) is 0. The van der Waals surface area contributed by atoms with Gasteiger partial charge in [-0.3, -0.25) is 0 Å². The monoisotopic (exact) mass is 165 g/mol. The van der Waals surface area contributed by atoms with E-state index in [9.17, 15) is 0 Å². The molecule has 0 amide bonds. The van der Waals surface area contributed by atoms with Gasteiger partial charge in [-0.1, -0.05) is 18.7 Å². The minimum absolute atomic E-state index is 1.06. The van der Waals surface area contributed by atoms with E-state index in [1.807, 2.05) is 19.1 Å². The Morgan fingerprint density at radius 2 is 2.18 bits per heavy atom. The summed E-state index contributed by atoms with van der Waals surface area (Å²) < 4.78 is 0. The summed E-state index contributed by atoms with van der Waals surface area (Å²) in [4.78, 5) is 5.60. The van der Waals surface area contributed by atoms with Crippen molar-refractivity contribution >= 4 is 17.4 Å². The predicted octanol–water partition coefficient (Wildman–Crippen LogP) is 2.96. The Bertz CT molecular complexity index is 284. The molecule has 58 valence electrons. The van der Waals surface area contributed by atoms with Crippen LogP contribution >= 0.6 is 11.3 Å². The Morgan fingerprint density at radius 1 is 1.45 bits per heavy atom. The zero-order valence-corrected chi connectivity index (χ0v) is 7.61. The SMILES string of the molecule is C=C/C=C\c1nc(C)sc1C. The lowest BCUT2D eigenvalue weighted by molar-refractivity contribution is 1.26. The fourth-order valence-corrected chi connectivity index (χ4v) is 1.66. The molecule has 0 aliphatic rings. The molecule has 0 N–H and O–H groups in total. The maximum absolute atomic E-state index is 4.33. The highest BCUT2D eigenvalue weighted by Gasteiger charge is 1.98. The van der Waals surface area contributed by atoms with E-state index in [1.165, 1.54) is 4.88 Å². The largest absolute Gasteiger partial charge is 0.242 e. The Kier molecular flexibility index (Phi) is 2.60. The van der Waals surface area contributed by atoms with Crippen LogP contribution < -0.4 is 0 Å². The number of aromatic nitrogens is 1. The lowest BCUT2D eigenvalue weighted by Crippen LogP contribution is -1.73. The van der Waals surface area contributed by atoms with Gasteiger partial charge in [-0.2, -0.15) is 0 Å². The molecule has 11 heavy (non-hydrogen) atoms. The van der Waals surface area contributed by atoms with Crippen molar-refractivity contribution in [3.05, 3.63) is 34.3 Å². The topological polar surface area (TPSA) is 12.9 Å². The van der Waals surface area contributed by atoms with Crippen molar-refractivity contribution in [3.8, 4) is 0 Å². The van der Waals surface area contributed by atoms with Gasteiger partial charge in [0.15, 0.2) is 0 Å². The van der Waals surface area contributed by atoms with Gasteiger partial charge < -0.3 is 0 Å². The van der Waals surface area contributed by atoms with E-state index in [0.717, 1.165) is 10.7 Å². The minimum Gasteiger partial charge on any atom is -0.242 e. The molecular weight excluding hydrogens is 154 g/mol. The van der Waals surface area contributed by atoms with E-state index in [2.05, 4.69) is 18.5 Å². The molecule has 0 spiro atoms. The molecule has 1 nitrogen and oxygen atoms in total. The van der Waals surface area contributed by atoms with Crippen LogP contribution in [0.25, 0.3) is 6.08 Å². The highest BCUT2D eigenvalue weighted by molar-refractivity contribution is 7.11. The van der Waals surface area contributed by atoms with Crippen molar-refractivity contribution in [2.75, 3.05) is 0 Å². The summed E-state index contributed by atoms with van der Waals surface area (Å²) in [6, 6.07) is 0. The second kappa shape index (κ2) is 3.49. The summed E-state index contributed by atoms with van der Waals surface area (Å²) in [5.41, 5.74) is 1.06. The molecule has 1 aromatic rings. The fourth-order valence-electron chi connectivity index (χ4n) is 0.859. The Hall–Kier alpha value is -0.890.